The summed E-state index contributed by atoms with van der Waals surface area (Å²) in [6.07, 6.45) is 1.00. The van der Waals surface area contributed by atoms with E-state index < -0.39 is 15.8 Å². The largest absolute Gasteiger partial charge is 0.493 e. The lowest BCUT2D eigenvalue weighted by molar-refractivity contribution is 0.355. The van der Waals surface area contributed by atoms with Gasteiger partial charge in [0.25, 0.3) is 0 Å². The number of ether oxygens (including phenoxy) is 2. The fraction of sp³-hybridized carbons (Fsp3) is 0.235. The van der Waals surface area contributed by atoms with Crippen LogP contribution in [0.2, 0.25) is 0 Å². The minimum Gasteiger partial charge on any atom is -0.493 e. The molecular formula is C17H20FN3O4S. The molecule has 0 bridgehead atoms. The quantitative estimate of drug-likeness (QED) is 0.592. The third-order valence-corrected chi connectivity index (χ3v) is 3.86. The Morgan fingerprint density at radius 2 is 1.81 bits per heavy atom. The van der Waals surface area contributed by atoms with Gasteiger partial charge < -0.3 is 14.8 Å². The third kappa shape index (κ3) is 5.62. The zero-order valence-corrected chi connectivity index (χ0v) is 15.4. The van der Waals surface area contributed by atoms with Crippen LogP contribution in [0.15, 0.2) is 47.5 Å². The summed E-state index contributed by atoms with van der Waals surface area (Å²) in [4.78, 5) is 4.14. The number of nitrogens with zero attached hydrogens (tertiary/aromatic N) is 1. The Morgan fingerprint density at radius 3 is 2.42 bits per heavy atom. The molecule has 0 aromatic heterocycles. The number of hydrogen-bond donors (Lipinski definition) is 2. The maximum Gasteiger partial charge on any atom is 0.232 e. The molecule has 0 unspecified atom stereocenters. The van der Waals surface area contributed by atoms with Crippen molar-refractivity contribution in [3.63, 3.8) is 0 Å². The fourth-order valence-corrected chi connectivity index (χ4v) is 2.58. The first-order valence-corrected chi connectivity index (χ1v) is 9.46. The predicted octanol–water partition coefficient (Wildman–Crippen LogP) is 2.36. The molecule has 0 amide bonds. The molecule has 0 aliphatic carbocycles. The van der Waals surface area contributed by atoms with Crippen LogP contribution in [0.5, 0.6) is 11.5 Å². The number of anilines is 1. The zero-order valence-electron chi connectivity index (χ0n) is 14.6. The highest BCUT2D eigenvalue weighted by atomic mass is 32.2. The molecule has 0 aliphatic rings. The van der Waals surface area contributed by atoms with Crippen LogP contribution in [0.25, 0.3) is 0 Å². The average Bonchev–Trinajstić information content (AvgIpc) is 2.59. The smallest absolute Gasteiger partial charge is 0.232 e. The highest BCUT2D eigenvalue weighted by Gasteiger charge is 2.10. The predicted molar refractivity (Wildman–Crippen MR) is 98.7 cm³/mol. The normalized spacial score (nSPS) is 11.8. The number of benzene rings is 2. The molecule has 0 atom stereocenters. The molecule has 0 fully saturated rings. The van der Waals surface area contributed by atoms with E-state index in [0.717, 1.165) is 6.26 Å². The second-order valence-corrected chi connectivity index (χ2v) is 7.07. The number of guanidine groups is 1. The Morgan fingerprint density at radius 1 is 1.12 bits per heavy atom. The van der Waals surface area contributed by atoms with Crippen molar-refractivity contribution in [3.8, 4) is 11.5 Å². The molecule has 9 heteroatoms. The summed E-state index contributed by atoms with van der Waals surface area (Å²) in [6, 6.07) is 11.1. The van der Waals surface area contributed by atoms with Crippen molar-refractivity contribution in [2.24, 2.45) is 4.99 Å². The minimum atomic E-state index is -3.58. The van der Waals surface area contributed by atoms with Crippen LogP contribution in [0.3, 0.4) is 0 Å². The second-order valence-electron chi connectivity index (χ2n) is 5.33. The monoisotopic (exact) mass is 381 g/mol. The molecule has 0 saturated carbocycles. The van der Waals surface area contributed by atoms with Gasteiger partial charge in [-0.25, -0.2) is 17.8 Å². The number of rotatable bonds is 6. The number of methoxy groups -OCH3 is 2. The molecule has 140 valence electrons. The van der Waals surface area contributed by atoms with Gasteiger partial charge in [0.15, 0.2) is 11.5 Å². The van der Waals surface area contributed by atoms with Crippen molar-refractivity contribution >= 4 is 21.7 Å². The summed E-state index contributed by atoms with van der Waals surface area (Å²) in [5, 5.41) is 2.85. The van der Waals surface area contributed by atoms with Crippen molar-refractivity contribution in [1.29, 1.82) is 0 Å². The first-order valence-electron chi connectivity index (χ1n) is 7.57. The van der Waals surface area contributed by atoms with E-state index in [4.69, 9.17) is 9.47 Å². The van der Waals surface area contributed by atoms with Gasteiger partial charge in [-0.2, -0.15) is 0 Å². The van der Waals surface area contributed by atoms with Gasteiger partial charge in [-0.05, 0) is 18.2 Å². The van der Waals surface area contributed by atoms with Gasteiger partial charge in [0, 0.05) is 17.3 Å². The van der Waals surface area contributed by atoms with Crippen LogP contribution < -0.4 is 19.5 Å². The molecule has 0 aliphatic heterocycles. The summed E-state index contributed by atoms with van der Waals surface area (Å²) in [5.74, 6) is 0.535. The number of sulfonamides is 1. The Balaban J connectivity index is 2.27. The Bertz CT molecular complexity index is 901. The van der Waals surface area contributed by atoms with E-state index in [-0.39, 0.29) is 12.5 Å². The van der Waals surface area contributed by atoms with E-state index in [1.165, 1.54) is 20.3 Å². The lowest BCUT2D eigenvalue weighted by Crippen LogP contribution is -2.35. The topological polar surface area (TPSA) is 89.0 Å². The van der Waals surface area contributed by atoms with Crippen LogP contribution in [0.4, 0.5) is 10.1 Å². The van der Waals surface area contributed by atoms with Crippen LogP contribution in [0.1, 0.15) is 5.56 Å². The van der Waals surface area contributed by atoms with E-state index in [0.29, 0.717) is 22.7 Å². The van der Waals surface area contributed by atoms with E-state index in [9.17, 15) is 12.8 Å². The molecule has 0 radical (unpaired) electrons. The summed E-state index contributed by atoms with van der Waals surface area (Å²) < 4.78 is 49.5. The van der Waals surface area contributed by atoms with Gasteiger partial charge in [0.1, 0.15) is 5.82 Å². The minimum absolute atomic E-state index is 0.0369. The van der Waals surface area contributed by atoms with Gasteiger partial charge in [-0.15, -0.1) is 0 Å². The van der Waals surface area contributed by atoms with Gasteiger partial charge in [-0.1, -0.05) is 18.2 Å². The molecule has 2 rings (SSSR count). The standard InChI is InChI=1S/C17H20FN3O4S/c1-24-15-9-8-13(10-16(15)25-2)20-17(21-26(3,22)23)19-11-12-6-4-5-7-14(12)18/h4-10H,11H2,1-3H3,(H2,19,20,21). The molecule has 0 saturated heterocycles. The molecule has 2 N–H and O–H groups in total. The molecule has 0 heterocycles. The first kappa shape index (κ1) is 19.5. The summed E-state index contributed by atoms with van der Waals surface area (Å²) in [7, 11) is -0.578. The maximum absolute atomic E-state index is 13.7. The van der Waals surface area contributed by atoms with Crippen molar-refractivity contribution < 1.29 is 22.3 Å². The molecule has 2 aromatic rings. The third-order valence-electron chi connectivity index (χ3n) is 3.29. The number of aliphatic imine (C=N–C) groups is 1. The average molecular weight is 381 g/mol. The molecule has 0 spiro atoms. The Hall–Kier alpha value is -2.81. The highest BCUT2D eigenvalue weighted by Crippen LogP contribution is 2.29. The van der Waals surface area contributed by atoms with Gasteiger partial charge in [0.05, 0.1) is 27.0 Å². The summed E-state index contributed by atoms with van der Waals surface area (Å²) >= 11 is 0. The zero-order chi connectivity index (χ0) is 19.2. The van der Waals surface area contributed by atoms with E-state index in [1.807, 2.05) is 0 Å². The highest BCUT2D eigenvalue weighted by molar-refractivity contribution is 7.89. The molecule has 26 heavy (non-hydrogen) atoms. The van der Waals surface area contributed by atoms with Crippen molar-refractivity contribution in [3.05, 3.63) is 53.8 Å². The first-order chi connectivity index (χ1) is 12.3. The lowest BCUT2D eigenvalue weighted by atomic mass is 10.2. The van der Waals surface area contributed by atoms with Gasteiger partial charge in [0.2, 0.25) is 16.0 Å². The Labute approximate surface area is 151 Å². The molecular weight excluding hydrogens is 361 g/mol. The van der Waals surface area contributed by atoms with E-state index in [2.05, 4.69) is 15.0 Å². The summed E-state index contributed by atoms with van der Waals surface area (Å²) in [6.45, 7) is -0.0369. The maximum atomic E-state index is 13.7. The van der Waals surface area contributed by atoms with Crippen molar-refractivity contribution in [2.75, 3.05) is 25.8 Å². The Kier molecular flexibility index (Phi) is 6.40. The van der Waals surface area contributed by atoms with E-state index in [1.54, 1.807) is 36.4 Å². The SMILES string of the molecule is COc1ccc(NC(=NCc2ccccc2F)NS(C)(=O)=O)cc1OC. The van der Waals surface area contributed by atoms with Crippen LogP contribution in [0, 0.1) is 5.82 Å². The molecule has 2 aromatic carbocycles. The lowest BCUT2D eigenvalue weighted by Gasteiger charge is -2.14. The van der Waals surface area contributed by atoms with E-state index >= 15 is 0 Å². The van der Waals surface area contributed by atoms with Crippen LogP contribution in [-0.4, -0.2) is 34.9 Å². The van der Waals surface area contributed by atoms with Crippen LogP contribution >= 0.6 is 0 Å². The summed E-state index contributed by atoms with van der Waals surface area (Å²) in [5.41, 5.74) is 0.862. The molecule has 7 nitrogen and oxygen atoms in total. The second kappa shape index (κ2) is 8.52. The van der Waals surface area contributed by atoms with Gasteiger partial charge >= 0.3 is 0 Å². The number of halogens is 1. The number of hydrogen-bond acceptors (Lipinski definition) is 5. The fourth-order valence-electron chi connectivity index (χ4n) is 2.11. The van der Waals surface area contributed by atoms with Crippen molar-refractivity contribution in [1.82, 2.24) is 4.72 Å². The van der Waals surface area contributed by atoms with Crippen molar-refractivity contribution in [2.45, 2.75) is 6.54 Å². The van der Waals surface area contributed by atoms with Crippen LogP contribution in [-0.2, 0) is 16.6 Å². The number of nitrogens with one attached hydrogen (secondary N) is 2. The van der Waals surface area contributed by atoms with Gasteiger partial charge in [-0.3, -0.25) is 4.72 Å².